The standard InChI is InChI=1S/C35H30BrClFN7O4/c1-19-17-44-29(18-43(19)34(47)20-5-12-26(36)27(37)15-20)31(45(35(44)48)21-6-8-22(9-7-21)49-23-10-11-23)33(46)41-16-25-24(3-2-4-28(25)38)32-40-14-13-30(39)42-32/h2-9,12-15,19,23H,10-11,16-18H2,1H3,(H,41,46)(H2,39,40,42)/t19-/m0/s1. The van der Waals surface area contributed by atoms with Crippen LogP contribution in [0.5, 0.6) is 5.75 Å². The summed E-state index contributed by atoms with van der Waals surface area (Å²) in [5.74, 6) is -0.457. The number of carbonyl (C=O) groups excluding carboxylic acids is 2. The minimum Gasteiger partial charge on any atom is -0.490 e. The van der Waals surface area contributed by atoms with Crippen molar-refractivity contribution in [2.45, 2.75) is 51.5 Å². The Labute approximate surface area is 293 Å². The van der Waals surface area contributed by atoms with Gasteiger partial charge in [0.25, 0.3) is 11.8 Å². The average molecular weight is 747 g/mol. The van der Waals surface area contributed by atoms with Crippen molar-refractivity contribution in [3.05, 3.63) is 121 Å². The summed E-state index contributed by atoms with van der Waals surface area (Å²) in [6.45, 7) is 1.70. The van der Waals surface area contributed by atoms with E-state index in [1.807, 2.05) is 6.92 Å². The van der Waals surface area contributed by atoms with E-state index < -0.39 is 17.4 Å². The van der Waals surface area contributed by atoms with Crippen LogP contribution in [0, 0.1) is 5.82 Å². The summed E-state index contributed by atoms with van der Waals surface area (Å²) < 4.78 is 24.7. The number of ether oxygens (including phenoxy) is 1. The number of imidazole rings is 1. The number of amides is 2. The van der Waals surface area contributed by atoms with E-state index >= 15 is 4.39 Å². The molecule has 1 fully saturated rings. The van der Waals surface area contributed by atoms with Crippen molar-refractivity contribution < 1.29 is 18.7 Å². The Kier molecular flexibility index (Phi) is 8.72. The van der Waals surface area contributed by atoms with Crippen LogP contribution in [0.15, 0.2) is 82.2 Å². The number of hydrogen-bond acceptors (Lipinski definition) is 7. The Hall–Kier alpha value is -5.01. The maximum Gasteiger partial charge on any atom is 0.333 e. The number of aromatic nitrogens is 4. The van der Waals surface area contributed by atoms with Gasteiger partial charge in [0.1, 0.15) is 23.1 Å². The number of anilines is 1. The molecule has 14 heteroatoms. The molecule has 250 valence electrons. The number of halogens is 3. The first-order valence-electron chi connectivity index (χ1n) is 15.6. The molecular weight excluding hydrogens is 717 g/mol. The molecule has 2 aliphatic rings. The Balaban J connectivity index is 1.27. The highest BCUT2D eigenvalue weighted by atomic mass is 79.9. The van der Waals surface area contributed by atoms with E-state index in [9.17, 15) is 14.4 Å². The second kappa shape index (κ2) is 13.1. The smallest absolute Gasteiger partial charge is 0.333 e. The molecule has 11 nitrogen and oxygen atoms in total. The van der Waals surface area contributed by atoms with E-state index in [0.29, 0.717) is 37.8 Å². The third kappa shape index (κ3) is 6.43. The van der Waals surface area contributed by atoms with Crippen molar-refractivity contribution in [3.63, 3.8) is 0 Å². The summed E-state index contributed by atoms with van der Waals surface area (Å²) in [6.07, 6.45) is 3.63. The Morgan fingerprint density at radius 2 is 1.90 bits per heavy atom. The van der Waals surface area contributed by atoms with E-state index in [-0.39, 0.29) is 60.6 Å². The van der Waals surface area contributed by atoms with Crippen molar-refractivity contribution in [1.29, 1.82) is 0 Å². The van der Waals surface area contributed by atoms with Crippen molar-refractivity contribution in [1.82, 2.24) is 29.3 Å². The first-order chi connectivity index (χ1) is 23.6. The van der Waals surface area contributed by atoms with Crippen LogP contribution in [0.2, 0.25) is 5.02 Å². The van der Waals surface area contributed by atoms with Crippen molar-refractivity contribution in [3.8, 4) is 22.8 Å². The number of nitrogens with two attached hydrogens (primary N) is 1. The molecular formula is C35H30BrClFN7O4. The summed E-state index contributed by atoms with van der Waals surface area (Å²) in [6, 6.07) is 17.4. The molecule has 1 aliphatic heterocycles. The van der Waals surface area contributed by atoms with Gasteiger partial charge in [-0.05, 0) is 90.3 Å². The lowest BCUT2D eigenvalue weighted by molar-refractivity contribution is 0.0610. The van der Waals surface area contributed by atoms with E-state index in [0.717, 1.165) is 12.8 Å². The van der Waals surface area contributed by atoms with Gasteiger partial charge in [-0.1, -0.05) is 23.7 Å². The average Bonchev–Trinajstić information content (AvgIpc) is 3.86. The number of benzene rings is 3. The van der Waals surface area contributed by atoms with E-state index in [1.165, 1.54) is 33.5 Å². The zero-order chi connectivity index (χ0) is 34.4. The molecule has 1 atom stereocenters. The zero-order valence-electron chi connectivity index (χ0n) is 26.2. The van der Waals surface area contributed by atoms with E-state index in [1.54, 1.807) is 53.4 Å². The second-order valence-corrected chi connectivity index (χ2v) is 13.3. The Morgan fingerprint density at radius 1 is 1.12 bits per heavy atom. The van der Waals surface area contributed by atoms with Crippen LogP contribution in [0.3, 0.4) is 0 Å². The minimum absolute atomic E-state index is 0.0255. The topological polar surface area (TPSA) is 137 Å². The van der Waals surface area contributed by atoms with Gasteiger partial charge >= 0.3 is 5.69 Å². The third-order valence-electron chi connectivity index (χ3n) is 8.57. The maximum absolute atomic E-state index is 15.3. The molecule has 2 aromatic heterocycles. The largest absolute Gasteiger partial charge is 0.490 e. The summed E-state index contributed by atoms with van der Waals surface area (Å²) in [4.78, 5) is 52.2. The Morgan fingerprint density at radius 3 is 2.61 bits per heavy atom. The van der Waals surface area contributed by atoms with E-state index in [2.05, 4.69) is 31.2 Å². The first-order valence-corrected chi connectivity index (χ1v) is 16.8. The van der Waals surface area contributed by atoms with Crippen LogP contribution in [0.1, 0.15) is 51.9 Å². The van der Waals surface area contributed by atoms with Gasteiger partial charge in [0.2, 0.25) is 0 Å². The monoisotopic (exact) mass is 745 g/mol. The van der Waals surface area contributed by atoms with Crippen LogP contribution < -0.4 is 21.5 Å². The quantitative estimate of drug-likeness (QED) is 0.206. The fraction of sp³-hybridized carbons (Fsp3) is 0.229. The molecule has 3 N–H and O–H groups in total. The fourth-order valence-electron chi connectivity index (χ4n) is 5.91. The van der Waals surface area contributed by atoms with Gasteiger partial charge in [-0.15, -0.1) is 0 Å². The van der Waals surface area contributed by atoms with Crippen molar-refractivity contribution in [2.75, 3.05) is 5.73 Å². The number of fused-ring (bicyclic) bond motifs is 1. The highest BCUT2D eigenvalue weighted by Crippen LogP contribution is 2.30. The Bertz CT molecular complexity index is 2170. The van der Waals surface area contributed by atoms with Crippen LogP contribution >= 0.6 is 27.5 Å². The molecule has 2 amide bonds. The van der Waals surface area contributed by atoms with Crippen LogP contribution in [-0.2, 0) is 19.6 Å². The summed E-state index contributed by atoms with van der Waals surface area (Å²) in [5, 5.41) is 3.19. The third-order valence-corrected chi connectivity index (χ3v) is 9.80. The summed E-state index contributed by atoms with van der Waals surface area (Å²) >= 11 is 9.66. The number of nitrogens with one attached hydrogen (secondary N) is 1. The number of nitrogen functional groups attached to an aromatic ring is 1. The minimum atomic E-state index is -0.638. The van der Waals surface area contributed by atoms with Gasteiger partial charge in [0.05, 0.1) is 29.1 Å². The van der Waals surface area contributed by atoms with Gasteiger partial charge in [0.15, 0.2) is 5.82 Å². The van der Waals surface area contributed by atoms with Gasteiger partial charge < -0.3 is 20.7 Å². The molecule has 0 saturated heterocycles. The molecule has 7 rings (SSSR count). The number of hydrogen-bond donors (Lipinski definition) is 2. The van der Waals surface area contributed by atoms with Crippen LogP contribution in [0.4, 0.5) is 10.2 Å². The van der Waals surface area contributed by atoms with Gasteiger partial charge in [-0.25, -0.2) is 19.2 Å². The predicted molar refractivity (Wildman–Crippen MR) is 185 cm³/mol. The number of carbonyl (C=O) groups is 2. The number of nitrogens with zero attached hydrogens (tertiary/aromatic N) is 5. The van der Waals surface area contributed by atoms with Crippen LogP contribution in [-0.4, -0.2) is 48.0 Å². The summed E-state index contributed by atoms with van der Waals surface area (Å²) in [7, 11) is 0. The molecule has 1 saturated carbocycles. The van der Waals surface area contributed by atoms with E-state index in [4.69, 9.17) is 22.1 Å². The number of rotatable bonds is 8. The molecule has 3 aromatic carbocycles. The predicted octanol–water partition coefficient (Wildman–Crippen LogP) is 5.75. The summed E-state index contributed by atoms with van der Waals surface area (Å²) in [5.41, 5.74) is 7.07. The lowest BCUT2D eigenvalue weighted by Gasteiger charge is -2.34. The maximum atomic E-state index is 15.3. The molecule has 49 heavy (non-hydrogen) atoms. The lowest BCUT2D eigenvalue weighted by atomic mass is 10.1. The fourth-order valence-corrected chi connectivity index (χ4v) is 6.34. The molecule has 1 aliphatic carbocycles. The normalized spacial score (nSPS) is 15.5. The van der Waals surface area contributed by atoms with Crippen molar-refractivity contribution >= 4 is 45.2 Å². The van der Waals surface area contributed by atoms with Crippen LogP contribution in [0.25, 0.3) is 17.1 Å². The molecule has 0 unspecified atom stereocenters. The van der Waals surface area contributed by atoms with Gasteiger partial charge in [0, 0.05) is 46.5 Å². The first kappa shape index (κ1) is 32.5. The molecule has 5 aromatic rings. The molecule has 0 bridgehead atoms. The second-order valence-electron chi connectivity index (χ2n) is 12.0. The zero-order valence-corrected chi connectivity index (χ0v) is 28.5. The van der Waals surface area contributed by atoms with Gasteiger partial charge in [-0.2, -0.15) is 0 Å². The molecule has 0 radical (unpaired) electrons. The van der Waals surface area contributed by atoms with Crippen molar-refractivity contribution in [2.24, 2.45) is 0 Å². The van der Waals surface area contributed by atoms with Gasteiger partial charge in [-0.3, -0.25) is 18.7 Å². The molecule has 0 spiro atoms. The molecule has 3 heterocycles. The highest BCUT2D eigenvalue weighted by Gasteiger charge is 2.35. The SMILES string of the molecule is C[C@H]1Cn2c(c(C(=O)NCc3c(F)cccc3-c3nccc(N)n3)n(-c3ccc(OC4CC4)cc3)c2=O)CN1C(=O)c1ccc(Br)c(Cl)c1. The lowest BCUT2D eigenvalue weighted by Crippen LogP contribution is -2.47. The highest BCUT2D eigenvalue weighted by molar-refractivity contribution is 9.10.